The number of halogens is 5. The van der Waals surface area contributed by atoms with E-state index in [1.165, 1.54) is 12.1 Å². The monoisotopic (exact) mass is 597 g/mol. The zero-order valence-corrected chi connectivity index (χ0v) is 23.7. The smallest absolute Gasteiger partial charge is 0.433 e. The van der Waals surface area contributed by atoms with Gasteiger partial charge in [-0.1, -0.05) is 31.5 Å². The fraction of sp³-hybridized carbons (Fsp3) is 0.586. The van der Waals surface area contributed by atoms with Gasteiger partial charge in [-0.2, -0.15) is 18.3 Å². The topological polar surface area (TPSA) is 92.5 Å². The number of carbonyl (C=O) groups excluding carboxylic acids is 2. The number of benzene rings is 1. The van der Waals surface area contributed by atoms with Gasteiger partial charge in [0, 0.05) is 6.04 Å². The third-order valence-electron chi connectivity index (χ3n) is 9.81. The van der Waals surface area contributed by atoms with Crippen LogP contribution in [0.1, 0.15) is 91.7 Å². The second kappa shape index (κ2) is 10.1. The maximum Gasteiger partial charge on any atom is 0.433 e. The molecule has 3 aliphatic rings. The van der Waals surface area contributed by atoms with Crippen LogP contribution in [-0.2, 0) is 11.0 Å². The van der Waals surface area contributed by atoms with E-state index in [4.69, 9.17) is 11.6 Å². The van der Waals surface area contributed by atoms with E-state index < -0.39 is 70.5 Å². The highest BCUT2D eigenvalue weighted by Gasteiger charge is 2.63. The van der Waals surface area contributed by atoms with Gasteiger partial charge in [0.2, 0.25) is 0 Å². The number of carboxylic acids is 1. The Kier molecular flexibility index (Phi) is 7.28. The molecule has 0 spiro atoms. The number of nitrogens with zero attached hydrogens (tertiary/aromatic N) is 3. The summed E-state index contributed by atoms with van der Waals surface area (Å²) in [5.74, 6) is -3.14. The Morgan fingerprint density at radius 2 is 1.73 bits per heavy atom. The Morgan fingerprint density at radius 3 is 2.27 bits per heavy atom. The van der Waals surface area contributed by atoms with Crippen LogP contribution >= 0.6 is 11.6 Å². The summed E-state index contributed by atoms with van der Waals surface area (Å²) in [7, 11) is 0. The van der Waals surface area contributed by atoms with Crippen molar-refractivity contribution in [1.82, 2.24) is 14.7 Å². The molecule has 3 saturated carbocycles. The number of rotatable bonds is 7. The summed E-state index contributed by atoms with van der Waals surface area (Å²) in [6, 6.07) is 2.48. The molecule has 2 aromatic rings. The Labute approximate surface area is 239 Å². The number of fused-ring (bicyclic) bond motifs is 1. The van der Waals surface area contributed by atoms with E-state index in [0.717, 1.165) is 21.8 Å². The lowest BCUT2D eigenvalue weighted by atomic mass is 9.74. The summed E-state index contributed by atoms with van der Waals surface area (Å²) < 4.78 is 58.9. The minimum absolute atomic E-state index is 0.0531. The van der Waals surface area contributed by atoms with Crippen LogP contribution < -0.4 is 0 Å². The number of ketones is 1. The summed E-state index contributed by atoms with van der Waals surface area (Å²) in [5, 5.41) is 13.3. The first kappa shape index (κ1) is 29.5. The van der Waals surface area contributed by atoms with Gasteiger partial charge in [-0.05, 0) is 74.8 Å². The summed E-state index contributed by atoms with van der Waals surface area (Å²) in [6.07, 6.45) is -2.40. The van der Waals surface area contributed by atoms with Crippen molar-refractivity contribution < 1.29 is 37.1 Å². The highest BCUT2D eigenvalue weighted by atomic mass is 35.5. The van der Waals surface area contributed by atoms with Crippen molar-refractivity contribution in [3.05, 3.63) is 52.1 Å². The molecule has 1 aromatic carbocycles. The average Bonchev–Trinajstić information content (AvgIpc) is 3.30. The van der Waals surface area contributed by atoms with E-state index in [2.05, 4.69) is 18.9 Å². The lowest BCUT2D eigenvalue weighted by molar-refractivity contribution is -0.152. The number of alkyl halides is 3. The quantitative estimate of drug-likeness (QED) is 0.285. The first-order chi connectivity index (χ1) is 19.1. The number of hydrogen-bond donors (Lipinski definition) is 1. The van der Waals surface area contributed by atoms with E-state index in [1.54, 1.807) is 6.92 Å². The highest BCUT2D eigenvalue weighted by Crippen LogP contribution is 2.67. The molecule has 1 amide bonds. The van der Waals surface area contributed by atoms with Gasteiger partial charge in [-0.15, -0.1) is 0 Å². The molecule has 0 unspecified atom stereocenters. The molecule has 0 aliphatic heterocycles. The average molecular weight is 598 g/mol. The van der Waals surface area contributed by atoms with Gasteiger partial charge >= 0.3 is 12.1 Å². The molecular weight excluding hydrogens is 566 g/mol. The van der Waals surface area contributed by atoms with Gasteiger partial charge in [0.1, 0.15) is 5.82 Å². The van der Waals surface area contributed by atoms with Crippen molar-refractivity contribution in [2.45, 2.75) is 77.6 Å². The zero-order valence-electron chi connectivity index (χ0n) is 23.0. The normalized spacial score (nSPS) is 28.7. The van der Waals surface area contributed by atoms with Crippen molar-refractivity contribution in [2.24, 2.45) is 22.7 Å². The van der Waals surface area contributed by atoms with Crippen LogP contribution in [-0.4, -0.2) is 50.0 Å². The van der Waals surface area contributed by atoms with Crippen molar-refractivity contribution in [1.29, 1.82) is 0 Å². The number of aliphatic carboxylic acids is 1. The van der Waals surface area contributed by atoms with Gasteiger partial charge in [0.05, 0.1) is 40.3 Å². The molecule has 0 saturated heterocycles. The van der Waals surface area contributed by atoms with Crippen LogP contribution in [0.4, 0.5) is 17.6 Å². The molecule has 5 rings (SSSR count). The molecule has 1 N–H and O–H groups in total. The lowest BCUT2D eigenvalue weighted by Crippen LogP contribution is -2.44. The van der Waals surface area contributed by atoms with Crippen molar-refractivity contribution in [3.63, 3.8) is 0 Å². The third kappa shape index (κ3) is 5.15. The van der Waals surface area contributed by atoms with E-state index in [0.29, 0.717) is 12.8 Å². The lowest BCUT2D eigenvalue weighted by Gasteiger charge is -2.35. The highest BCUT2D eigenvalue weighted by molar-refractivity contribution is 6.34. The summed E-state index contributed by atoms with van der Waals surface area (Å²) in [5.41, 5.74) is -3.31. The molecule has 3 fully saturated rings. The van der Waals surface area contributed by atoms with Crippen LogP contribution in [0.2, 0.25) is 5.02 Å². The molecule has 1 aromatic heterocycles. The summed E-state index contributed by atoms with van der Waals surface area (Å²) >= 11 is 6.08. The van der Waals surface area contributed by atoms with E-state index in [9.17, 15) is 37.1 Å². The fourth-order valence-electron chi connectivity index (χ4n) is 7.03. The van der Waals surface area contributed by atoms with Crippen LogP contribution in [0.15, 0.2) is 24.4 Å². The predicted octanol–water partition coefficient (Wildman–Crippen LogP) is 6.66. The maximum atomic E-state index is 14.5. The molecule has 7 nitrogen and oxygen atoms in total. The number of carboxylic acid groups (broad SMARTS) is 1. The number of carbonyl (C=O) groups is 3. The molecule has 222 valence electrons. The minimum Gasteiger partial charge on any atom is -0.481 e. The Morgan fingerprint density at radius 1 is 1.12 bits per heavy atom. The molecule has 0 bridgehead atoms. The number of hydrogen-bond acceptors (Lipinski definition) is 4. The molecule has 3 atom stereocenters. The van der Waals surface area contributed by atoms with Crippen LogP contribution in [0, 0.1) is 28.5 Å². The largest absolute Gasteiger partial charge is 0.481 e. The molecule has 0 radical (unpaired) electrons. The van der Waals surface area contributed by atoms with Gasteiger partial charge in [0.25, 0.3) is 5.91 Å². The van der Waals surface area contributed by atoms with E-state index in [1.807, 2.05) is 0 Å². The molecule has 12 heteroatoms. The molecule has 3 aliphatic carbocycles. The first-order valence-corrected chi connectivity index (χ1v) is 14.1. The first-order valence-electron chi connectivity index (χ1n) is 13.7. The maximum absolute atomic E-state index is 14.5. The number of amides is 1. The van der Waals surface area contributed by atoms with E-state index in [-0.39, 0.29) is 48.0 Å². The Balaban J connectivity index is 1.48. The van der Waals surface area contributed by atoms with Gasteiger partial charge < -0.3 is 10.0 Å². The molecule has 1 heterocycles. The summed E-state index contributed by atoms with van der Waals surface area (Å²) in [6.45, 7) is 5.13. The number of aromatic nitrogens is 2. The SMILES string of the molecule is CC1(C)[C@@H]2C[C@@H](N(CC(=O)c3c(F)cccc3Cl)C(=O)c3cnn([C@H]4CC[C@](C)(C(=O)O)CC4)c3C(F)(F)F)C[C@@H]21. The van der Waals surface area contributed by atoms with Crippen molar-refractivity contribution in [3.8, 4) is 0 Å². The van der Waals surface area contributed by atoms with Gasteiger partial charge in [0.15, 0.2) is 11.5 Å². The third-order valence-corrected chi connectivity index (χ3v) is 10.1. The zero-order chi connectivity index (χ0) is 30.1. The second-order valence-corrected chi connectivity index (χ2v) is 13.0. The standard InChI is InChI=1S/C29H32ClF4N3O4/c1-27(2)18-11-16(12-19(18)27)36(14-22(38)23-20(30)5-4-6-21(23)31)25(39)17-13-35-37(24(17)29(32,33)34)15-7-9-28(3,10-8-15)26(40)41/h4-6,13,15-16,18-19H,7-12,14H2,1-3H3,(H,40,41)/t15-,16-,18-,19+,28-. The van der Waals surface area contributed by atoms with Crippen molar-refractivity contribution >= 4 is 29.3 Å². The second-order valence-electron chi connectivity index (χ2n) is 12.6. The van der Waals surface area contributed by atoms with Crippen molar-refractivity contribution in [2.75, 3.05) is 6.54 Å². The number of Topliss-reactive ketones (excluding diaryl/α,β-unsaturated/α-hetero) is 1. The van der Waals surface area contributed by atoms with Crippen LogP contribution in [0.25, 0.3) is 0 Å². The van der Waals surface area contributed by atoms with E-state index >= 15 is 0 Å². The molecular formula is C29H32ClF4N3O4. The Hall–Kier alpha value is -2.95. The van der Waals surface area contributed by atoms with Crippen LogP contribution in [0.5, 0.6) is 0 Å². The summed E-state index contributed by atoms with van der Waals surface area (Å²) in [4.78, 5) is 39.9. The Bertz CT molecular complexity index is 1360. The van der Waals surface area contributed by atoms with Gasteiger partial charge in [-0.25, -0.2) is 4.39 Å². The van der Waals surface area contributed by atoms with Crippen LogP contribution in [0.3, 0.4) is 0 Å². The fourth-order valence-corrected chi connectivity index (χ4v) is 7.29. The van der Waals surface area contributed by atoms with Gasteiger partial charge in [-0.3, -0.25) is 19.1 Å². The molecule has 41 heavy (non-hydrogen) atoms. The predicted molar refractivity (Wildman–Crippen MR) is 141 cm³/mol. The minimum atomic E-state index is -4.95.